The number of benzene rings is 3. The minimum atomic E-state index is -0.488. The van der Waals surface area contributed by atoms with E-state index in [1.54, 1.807) is 24.3 Å². The standard InChI is InChI=1S/C23H16Cl2O3/c24-20-8-5-14(9-21(20)25)10-23(27)28-13-22(26)17-7-6-16-11-15-3-1-2-4-18(15)19(16)12-17/h1-9,12H,10-11,13H2. The van der Waals surface area contributed by atoms with Crippen LogP contribution in [0.25, 0.3) is 11.1 Å². The molecule has 0 spiro atoms. The molecule has 0 heterocycles. The Kier molecular flexibility index (Phi) is 5.21. The van der Waals surface area contributed by atoms with E-state index in [-0.39, 0.29) is 18.8 Å². The molecule has 3 aromatic carbocycles. The molecule has 0 unspecified atom stereocenters. The Morgan fingerprint density at radius 1 is 0.857 bits per heavy atom. The van der Waals surface area contributed by atoms with E-state index in [2.05, 4.69) is 12.1 Å². The molecule has 0 fully saturated rings. The quantitative estimate of drug-likeness (QED) is 0.320. The summed E-state index contributed by atoms with van der Waals surface area (Å²) in [5.74, 6) is -0.715. The number of carbonyl (C=O) groups is 2. The van der Waals surface area contributed by atoms with Gasteiger partial charge < -0.3 is 4.74 Å². The van der Waals surface area contributed by atoms with Crippen LogP contribution in [0.3, 0.4) is 0 Å². The first-order valence-corrected chi connectivity index (χ1v) is 9.61. The first-order valence-electron chi connectivity index (χ1n) is 8.85. The highest BCUT2D eigenvalue weighted by atomic mass is 35.5. The monoisotopic (exact) mass is 410 g/mol. The minimum absolute atomic E-state index is 0.0295. The van der Waals surface area contributed by atoms with Gasteiger partial charge in [0.1, 0.15) is 0 Å². The molecule has 5 heteroatoms. The molecule has 0 saturated heterocycles. The maximum atomic E-state index is 12.5. The third-order valence-corrected chi connectivity index (χ3v) is 5.56. The molecule has 0 saturated carbocycles. The van der Waals surface area contributed by atoms with Gasteiger partial charge in [-0.25, -0.2) is 0 Å². The molecule has 1 aliphatic rings. The minimum Gasteiger partial charge on any atom is -0.457 e. The van der Waals surface area contributed by atoms with Crippen molar-refractivity contribution in [2.75, 3.05) is 6.61 Å². The number of hydrogen-bond donors (Lipinski definition) is 0. The molecule has 4 rings (SSSR count). The smallest absolute Gasteiger partial charge is 0.310 e. The van der Waals surface area contributed by atoms with Gasteiger partial charge in [0.05, 0.1) is 16.5 Å². The number of hydrogen-bond acceptors (Lipinski definition) is 3. The molecule has 0 aromatic heterocycles. The molecule has 3 aromatic rings. The Morgan fingerprint density at radius 2 is 1.64 bits per heavy atom. The number of ketones is 1. The van der Waals surface area contributed by atoms with Crippen molar-refractivity contribution in [2.24, 2.45) is 0 Å². The van der Waals surface area contributed by atoms with Gasteiger partial charge in [-0.05, 0) is 52.4 Å². The van der Waals surface area contributed by atoms with Gasteiger partial charge in [-0.2, -0.15) is 0 Å². The van der Waals surface area contributed by atoms with E-state index in [4.69, 9.17) is 27.9 Å². The summed E-state index contributed by atoms with van der Waals surface area (Å²) in [5.41, 5.74) is 5.91. The second-order valence-corrected chi connectivity index (χ2v) is 7.53. The van der Waals surface area contributed by atoms with Gasteiger partial charge in [0, 0.05) is 5.56 Å². The number of carbonyl (C=O) groups excluding carboxylic acids is 2. The van der Waals surface area contributed by atoms with Crippen molar-refractivity contribution < 1.29 is 14.3 Å². The summed E-state index contributed by atoms with van der Waals surface area (Å²) in [5, 5.41) is 0.800. The van der Waals surface area contributed by atoms with Crippen LogP contribution in [0.1, 0.15) is 27.0 Å². The van der Waals surface area contributed by atoms with Crippen molar-refractivity contribution in [1.29, 1.82) is 0 Å². The van der Waals surface area contributed by atoms with Gasteiger partial charge in [-0.15, -0.1) is 0 Å². The number of Topliss-reactive ketones (excluding diaryl/α,β-unsaturated/α-hetero) is 1. The highest BCUT2D eigenvalue weighted by molar-refractivity contribution is 6.42. The molecule has 140 valence electrons. The van der Waals surface area contributed by atoms with Crippen molar-refractivity contribution in [1.82, 2.24) is 0 Å². The summed E-state index contributed by atoms with van der Waals surface area (Å²) in [7, 11) is 0. The zero-order valence-electron chi connectivity index (χ0n) is 14.9. The molecule has 0 radical (unpaired) electrons. The van der Waals surface area contributed by atoms with E-state index < -0.39 is 5.97 Å². The lowest BCUT2D eigenvalue weighted by molar-refractivity contribution is -0.141. The Morgan fingerprint density at radius 3 is 2.46 bits per heavy atom. The fourth-order valence-corrected chi connectivity index (χ4v) is 3.71. The molecule has 3 nitrogen and oxygen atoms in total. The molecular formula is C23H16Cl2O3. The molecule has 0 bridgehead atoms. The van der Waals surface area contributed by atoms with E-state index >= 15 is 0 Å². The van der Waals surface area contributed by atoms with Crippen LogP contribution in [0.2, 0.25) is 10.0 Å². The fraction of sp³-hybridized carbons (Fsp3) is 0.130. The molecule has 0 amide bonds. The van der Waals surface area contributed by atoms with Crippen LogP contribution in [0, 0.1) is 0 Å². The van der Waals surface area contributed by atoms with Gasteiger partial charge in [0.15, 0.2) is 12.4 Å². The van der Waals surface area contributed by atoms with Crippen molar-refractivity contribution >= 4 is 35.0 Å². The summed E-state index contributed by atoms with van der Waals surface area (Å²) in [6.45, 7) is -0.291. The van der Waals surface area contributed by atoms with Crippen LogP contribution in [0.4, 0.5) is 0 Å². The predicted octanol–water partition coefficient (Wildman–Crippen LogP) is 5.53. The topological polar surface area (TPSA) is 43.4 Å². The number of halogens is 2. The number of ether oxygens (including phenoxy) is 1. The van der Waals surface area contributed by atoms with Gasteiger partial charge >= 0.3 is 5.97 Å². The normalized spacial score (nSPS) is 11.6. The zero-order chi connectivity index (χ0) is 19.7. The predicted molar refractivity (Wildman–Crippen MR) is 110 cm³/mol. The van der Waals surface area contributed by atoms with E-state index in [1.165, 1.54) is 11.1 Å². The molecule has 0 aliphatic heterocycles. The lowest BCUT2D eigenvalue weighted by Gasteiger charge is -2.07. The van der Waals surface area contributed by atoms with Gasteiger partial charge in [0.2, 0.25) is 0 Å². The summed E-state index contributed by atoms with van der Waals surface area (Å²) < 4.78 is 5.16. The maximum absolute atomic E-state index is 12.5. The van der Waals surface area contributed by atoms with E-state index in [0.717, 1.165) is 17.5 Å². The number of fused-ring (bicyclic) bond motifs is 3. The van der Waals surface area contributed by atoms with Crippen molar-refractivity contribution in [3.63, 3.8) is 0 Å². The van der Waals surface area contributed by atoms with Crippen LogP contribution in [0.15, 0.2) is 60.7 Å². The van der Waals surface area contributed by atoms with E-state index in [1.807, 2.05) is 24.3 Å². The van der Waals surface area contributed by atoms with Gasteiger partial charge in [-0.3, -0.25) is 9.59 Å². The first kappa shape index (κ1) is 18.7. The molecular weight excluding hydrogens is 395 g/mol. The van der Waals surface area contributed by atoms with E-state index in [0.29, 0.717) is 21.2 Å². The molecule has 0 atom stereocenters. The lowest BCUT2D eigenvalue weighted by atomic mass is 10.0. The van der Waals surface area contributed by atoms with Crippen molar-refractivity contribution in [3.05, 3.63) is 93.0 Å². The van der Waals surface area contributed by atoms with E-state index in [9.17, 15) is 9.59 Å². The Bertz CT molecular complexity index is 1090. The number of esters is 1. The first-order chi connectivity index (χ1) is 13.5. The summed E-state index contributed by atoms with van der Waals surface area (Å²) >= 11 is 11.8. The van der Waals surface area contributed by atoms with Gasteiger partial charge in [-0.1, -0.05) is 65.7 Å². The van der Waals surface area contributed by atoms with Crippen LogP contribution < -0.4 is 0 Å². The largest absolute Gasteiger partial charge is 0.457 e. The fourth-order valence-electron chi connectivity index (χ4n) is 3.39. The Balaban J connectivity index is 1.41. The number of rotatable bonds is 5. The summed E-state index contributed by atoms with van der Waals surface area (Å²) in [6, 6.07) is 18.8. The third-order valence-electron chi connectivity index (χ3n) is 4.82. The maximum Gasteiger partial charge on any atom is 0.310 e. The highest BCUT2D eigenvalue weighted by Gasteiger charge is 2.20. The van der Waals surface area contributed by atoms with Crippen LogP contribution in [-0.2, 0) is 22.4 Å². The molecule has 1 aliphatic carbocycles. The summed E-state index contributed by atoms with van der Waals surface area (Å²) in [4.78, 5) is 24.5. The highest BCUT2D eigenvalue weighted by Crippen LogP contribution is 2.36. The lowest BCUT2D eigenvalue weighted by Crippen LogP contribution is -2.15. The summed E-state index contributed by atoms with van der Waals surface area (Å²) in [6.07, 6.45) is 0.903. The molecule has 0 N–H and O–H groups in total. The second-order valence-electron chi connectivity index (χ2n) is 6.71. The van der Waals surface area contributed by atoms with Crippen LogP contribution >= 0.6 is 23.2 Å². The zero-order valence-corrected chi connectivity index (χ0v) is 16.4. The SMILES string of the molecule is O=C(Cc1ccc(Cl)c(Cl)c1)OCC(=O)c1ccc2c(c1)-c1ccccc1C2. The van der Waals surface area contributed by atoms with Crippen LogP contribution in [-0.4, -0.2) is 18.4 Å². The molecule has 28 heavy (non-hydrogen) atoms. The second kappa shape index (κ2) is 7.78. The Hall–Kier alpha value is -2.62. The van der Waals surface area contributed by atoms with Crippen molar-refractivity contribution in [3.8, 4) is 11.1 Å². The Labute approximate surface area is 172 Å². The van der Waals surface area contributed by atoms with Crippen molar-refractivity contribution in [2.45, 2.75) is 12.8 Å². The average molecular weight is 411 g/mol. The third kappa shape index (κ3) is 3.82. The average Bonchev–Trinajstić information content (AvgIpc) is 3.07. The van der Waals surface area contributed by atoms with Crippen LogP contribution in [0.5, 0.6) is 0 Å². The van der Waals surface area contributed by atoms with Gasteiger partial charge in [0.25, 0.3) is 0 Å².